The highest BCUT2D eigenvalue weighted by Gasteiger charge is 2.36. The average Bonchev–Trinajstić information content (AvgIpc) is 3.56. The van der Waals surface area contributed by atoms with Gasteiger partial charge < -0.3 is 13.6 Å². The van der Waals surface area contributed by atoms with Crippen LogP contribution in [0.4, 0.5) is 0 Å². The molecule has 3 heterocycles. The number of furan rings is 1. The summed E-state index contributed by atoms with van der Waals surface area (Å²) in [6.07, 6.45) is 1.47. The Hall–Kier alpha value is -4.53. The predicted molar refractivity (Wildman–Crippen MR) is 108 cm³/mol. The van der Waals surface area contributed by atoms with Crippen LogP contribution in [0.3, 0.4) is 0 Å². The fourth-order valence-electron chi connectivity index (χ4n) is 3.34. The lowest BCUT2D eigenvalue weighted by atomic mass is 10.1. The molecule has 0 saturated carbocycles. The zero-order chi connectivity index (χ0) is 22.1. The van der Waals surface area contributed by atoms with Crippen LogP contribution in [0.1, 0.15) is 42.7 Å². The first-order chi connectivity index (χ1) is 15.6. The lowest BCUT2D eigenvalue weighted by Crippen LogP contribution is -2.28. The summed E-state index contributed by atoms with van der Waals surface area (Å²) in [4.78, 5) is 38.8. The second-order valence-corrected chi connectivity index (χ2v) is 6.98. The van der Waals surface area contributed by atoms with Crippen LogP contribution in [-0.4, -0.2) is 32.9 Å². The molecule has 2 amide bonds. The van der Waals surface area contributed by atoms with E-state index in [0.717, 1.165) is 10.5 Å². The van der Waals surface area contributed by atoms with Crippen LogP contribution < -0.4 is 0 Å². The molecular weight excluding hydrogens is 414 g/mol. The molecule has 0 atom stereocenters. The average molecular weight is 429 g/mol. The molecule has 5 rings (SSSR count). The zero-order valence-corrected chi connectivity index (χ0v) is 16.6. The zero-order valence-electron chi connectivity index (χ0n) is 16.6. The first-order valence-electron chi connectivity index (χ1n) is 9.68. The molecule has 158 valence electrons. The number of benzene rings is 2. The van der Waals surface area contributed by atoms with Crippen LogP contribution in [0, 0.1) is 0 Å². The number of hydrogen-bond donors (Lipinski definition) is 0. The van der Waals surface area contributed by atoms with E-state index < -0.39 is 17.8 Å². The molecule has 0 radical (unpaired) electrons. The number of aromatic nitrogens is 2. The van der Waals surface area contributed by atoms with Crippen molar-refractivity contribution in [1.29, 1.82) is 0 Å². The monoisotopic (exact) mass is 429 g/mol. The quantitative estimate of drug-likeness (QED) is 0.338. The van der Waals surface area contributed by atoms with Crippen LogP contribution >= 0.6 is 0 Å². The summed E-state index contributed by atoms with van der Waals surface area (Å²) in [6.45, 7) is -0.215. The number of imide groups is 1. The third-order valence-corrected chi connectivity index (χ3v) is 4.91. The highest BCUT2D eigenvalue weighted by Crippen LogP contribution is 2.26. The van der Waals surface area contributed by atoms with Crippen LogP contribution in [-0.2, 0) is 17.9 Å². The van der Waals surface area contributed by atoms with E-state index in [1.807, 2.05) is 30.3 Å². The van der Waals surface area contributed by atoms with E-state index in [1.54, 1.807) is 12.1 Å². The van der Waals surface area contributed by atoms with E-state index in [2.05, 4.69) is 10.2 Å². The largest absolute Gasteiger partial charge is 0.467 e. The molecule has 9 nitrogen and oxygen atoms in total. The molecule has 2 aromatic heterocycles. The summed E-state index contributed by atoms with van der Waals surface area (Å²) in [5.41, 5.74) is 1.24. The Morgan fingerprint density at radius 1 is 0.938 bits per heavy atom. The highest BCUT2D eigenvalue weighted by molar-refractivity contribution is 6.21. The second-order valence-electron chi connectivity index (χ2n) is 6.98. The van der Waals surface area contributed by atoms with Gasteiger partial charge in [0.25, 0.3) is 17.7 Å². The number of esters is 1. The van der Waals surface area contributed by atoms with Crippen molar-refractivity contribution in [2.24, 2.45) is 0 Å². The molecule has 0 saturated heterocycles. The van der Waals surface area contributed by atoms with E-state index in [0.29, 0.717) is 11.7 Å². The molecule has 4 aromatic rings. The third kappa shape index (κ3) is 3.56. The summed E-state index contributed by atoms with van der Waals surface area (Å²) in [5, 5.41) is 7.81. The Morgan fingerprint density at radius 2 is 1.75 bits per heavy atom. The van der Waals surface area contributed by atoms with Gasteiger partial charge in [0.05, 0.1) is 29.5 Å². The summed E-state index contributed by atoms with van der Waals surface area (Å²) in [7, 11) is 0. The van der Waals surface area contributed by atoms with E-state index >= 15 is 0 Å². The minimum atomic E-state index is -0.683. The van der Waals surface area contributed by atoms with Crippen molar-refractivity contribution in [2.45, 2.75) is 13.2 Å². The van der Waals surface area contributed by atoms with Gasteiger partial charge in [-0.05, 0) is 42.5 Å². The Bertz CT molecular complexity index is 1310. The van der Waals surface area contributed by atoms with Crippen molar-refractivity contribution < 1.29 is 28.0 Å². The highest BCUT2D eigenvalue weighted by atomic mass is 16.5. The van der Waals surface area contributed by atoms with E-state index in [-0.39, 0.29) is 35.7 Å². The minimum Gasteiger partial charge on any atom is -0.467 e. The van der Waals surface area contributed by atoms with Crippen molar-refractivity contribution in [2.75, 3.05) is 0 Å². The molecule has 0 bridgehead atoms. The van der Waals surface area contributed by atoms with Crippen LogP contribution in [0.5, 0.6) is 0 Å². The van der Waals surface area contributed by atoms with Crippen molar-refractivity contribution in [3.63, 3.8) is 0 Å². The van der Waals surface area contributed by atoms with Crippen molar-refractivity contribution in [3.05, 3.63) is 95.3 Å². The first kappa shape index (κ1) is 19.4. The molecule has 32 heavy (non-hydrogen) atoms. The van der Waals surface area contributed by atoms with Gasteiger partial charge in [-0.2, -0.15) is 0 Å². The van der Waals surface area contributed by atoms with Crippen LogP contribution in [0.25, 0.3) is 11.5 Å². The fraction of sp³-hybridized carbons (Fsp3) is 0.0870. The molecule has 0 fully saturated rings. The number of rotatable bonds is 6. The molecule has 0 N–H and O–H groups in total. The number of ether oxygens (including phenoxy) is 1. The van der Waals surface area contributed by atoms with Gasteiger partial charge in [0.2, 0.25) is 5.89 Å². The fourth-order valence-corrected chi connectivity index (χ4v) is 3.34. The van der Waals surface area contributed by atoms with E-state index in [9.17, 15) is 14.4 Å². The Kier molecular flexibility index (Phi) is 4.83. The molecule has 0 unspecified atom stereocenters. The molecule has 1 aliphatic rings. The first-order valence-corrected chi connectivity index (χ1v) is 9.68. The number of fused-ring (bicyclic) bond motifs is 1. The van der Waals surface area contributed by atoms with Gasteiger partial charge in [0.15, 0.2) is 6.61 Å². The van der Waals surface area contributed by atoms with Gasteiger partial charge >= 0.3 is 5.97 Å². The topological polar surface area (TPSA) is 116 Å². The van der Waals surface area contributed by atoms with E-state index in [1.165, 1.54) is 24.5 Å². The maximum Gasteiger partial charge on any atom is 0.338 e. The van der Waals surface area contributed by atoms with Crippen molar-refractivity contribution >= 4 is 17.8 Å². The molecule has 0 spiro atoms. The normalized spacial score (nSPS) is 12.8. The van der Waals surface area contributed by atoms with E-state index in [4.69, 9.17) is 13.6 Å². The van der Waals surface area contributed by atoms with Gasteiger partial charge in [-0.15, -0.1) is 10.2 Å². The Balaban J connectivity index is 1.27. The van der Waals surface area contributed by atoms with Gasteiger partial charge in [-0.3, -0.25) is 14.5 Å². The number of carbonyl (C=O) groups excluding carboxylic acids is 3. The van der Waals surface area contributed by atoms with Crippen molar-refractivity contribution in [3.8, 4) is 11.5 Å². The Labute approximate surface area is 181 Å². The Morgan fingerprint density at radius 3 is 2.53 bits per heavy atom. The summed E-state index contributed by atoms with van der Waals surface area (Å²) in [5.74, 6) is -0.698. The third-order valence-electron chi connectivity index (χ3n) is 4.91. The van der Waals surface area contributed by atoms with Crippen molar-refractivity contribution in [1.82, 2.24) is 15.1 Å². The van der Waals surface area contributed by atoms with Crippen LogP contribution in [0.15, 0.2) is 75.8 Å². The van der Waals surface area contributed by atoms with Crippen LogP contribution in [0.2, 0.25) is 0 Å². The summed E-state index contributed by atoms with van der Waals surface area (Å²) < 4.78 is 16.0. The summed E-state index contributed by atoms with van der Waals surface area (Å²) >= 11 is 0. The lowest BCUT2D eigenvalue weighted by molar-refractivity contribution is 0.0438. The molecule has 9 heteroatoms. The van der Waals surface area contributed by atoms with Gasteiger partial charge in [0.1, 0.15) is 5.76 Å². The lowest BCUT2D eigenvalue weighted by Gasteiger charge is -2.11. The number of carbonyl (C=O) groups is 3. The van der Waals surface area contributed by atoms with Gasteiger partial charge in [-0.25, -0.2) is 4.79 Å². The maximum absolute atomic E-state index is 12.7. The minimum absolute atomic E-state index is 0.0139. The SMILES string of the molecule is O=C(OCc1nnc(-c2ccccc2)o1)c1ccc2c(c1)C(=O)N(Cc1ccco1)C2=O. The number of amides is 2. The van der Waals surface area contributed by atoms with Gasteiger partial charge in [0, 0.05) is 5.56 Å². The number of hydrogen-bond acceptors (Lipinski definition) is 8. The molecule has 0 aliphatic carbocycles. The second kappa shape index (κ2) is 7.95. The standard InChI is InChI=1S/C23H15N3O6/c27-21-17-9-8-15(11-18(17)22(28)26(21)12-16-7-4-10-30-16)23(29)31-13-19-24-25-20(32-19)14-5-2-1-3-6-14/h1-11H,12-13H2. The molecular formula is C23H15N3O6. The molecule has 1 aliphatic heterocycles. The summed E-state index contributed by atoms with van der Waals surface area (Å²) in [6, 6.07) is 16.8. The number of nitrogens with zero attached hydrogens (tertiary/aromatic N) is 3. The molecule has 2 aromatic carbocycles. The smallest absolute Gasteiger partial charge is 0.338 e. The van der Waals surface area contributed by atoms with Gasteiger partial charge in [-0.1, -0.05) is 18.2 Å². The maximum atomic E-state index is 12.7. The predicted octanol–water partition coefficient (Wildman–Crippen LogP) is 3.48.